The second-order valence-corrected chi connectivity index (χ2v) is 3.41. The molecule has 0 aliphatic carbocycles. The Morgan fingerprint density at radius 2 is 2.29 bits per heavy atom. The van der Waals surface area contributed by atoms with Crippen molar-refractivity contribution in [2.75, 3.05) is 6.61 Å². The predicted octanol–water partition coefficient (Wildman–Crippen LogP) is 2.28. The molecule has 1 aromatic heterocycles. The first-order valence-corrected chi connectivity index (χ1v) is 5.08. The van der Waals surface area contributed by atoms with Crippen molar-refractivity contribution in [3.05, 3.63) is 24.0 Å². The smallest absolute Gasteiger partial charge is 0.137 e. The fourth-order valence-corrected chi connectivity index (χ4v) is 1.08. The van der Waals surface area contributed by atoms with Crippen LogP contribution in [0.5, 0.6) is 5.75 Å². The summed E-state index contributed by atoms with van der Waals surface area (Å²) >= 11 is 0. The van der Waals surface area contributed by atoms with Crippen LogP contribution in [0.4, 0.5) is 0 Å². The largest absolute Gasteiger partial charge is 0.492 e. The van der Waals surface area contributed by atoms with E-state index >= 15 is 0 Å². The summed E-state index contributed by atoms with van der Waals surface area (Å²) in [7, 11) is 0. The van der Waals surface area contributed by atoms with Crippen LogP contribution in [0.15, 0.2) is 18.3 Å². The van der Waals surface area contributed by atoms with E-state index in [-0.39, 0.29) is 6.04 Å². The zero-order chi connectivity index (χ0) is 10.4. The number of hydrogen-bond donors (Lipinski definition) is 1. The Bertz CT molecular complexity index is 256. The zero-order valence-corrected chi connectivity index (χ0v) is 8.86. The minimum absolute atomic E-state index is 0.0142. The number of unbranched alkanes of at least 4 members (excludes halogenated alkanes) is 1. The fourth-order valence-electron chi connectivity index (χ4n) is 1.08. The highest BCUT2D eigenvalue weighted by Gasteiger charge is 2.00. The van der Waals surface area contributed by atoms with Gasteiger partial charge in [-0.25, -0.2) is 0 Å². The quantitative estimate of drug-likeness (QED) is 0.731. The number of ether oxygens (including phenoxy) is 1. The first-order chi connectivity index (χ1) is 6.74. The van der Waals surface area contributed by atoms with Crippen molar-refractivity contribution in [2.45, 2.75) is 32.7 Å². The van der Waals surface area contributed by atoms with E-state index in [1.807, 2.05) is 19.1 Å². The number of rotatable bonds is 5. The van der Waals surface area contributed by atoms with Gasteiger partial charge in [0.25, 0.3) is 0 Å². The SMILES string of the molecule is CCCCOc1ccc([C@@H](C)N)nc1. The topological polar surface area (TPSA) is 48.1 Å². The maximum Gasteiger partial charge on any atom is 0.137 e. The standard InChI is InChI=1S/C11H18N2O/c1-3-4-7-14-10-5-6-11(9(2)12)13-8-10/h5-6,8-9H,3-4,7,12H2,1-2H3/t9-/m1/s1. The summed E-state index contributed by atoms with van der Waals surface area (Å²) in [5.74, 6) is 0.822. The Balaban J connectivity index is 2.47. The van der Waals surface area contributed by atoms with Gasteiger partial charge in [0.2, 0.25) is 0 Å². The van der Waals surface area contributed by atoms with Crippen LogP contribution in [0, 0.1) is 0 Å². The normalized spacial score (nSPS) is 12.5. The Hall–Kier alpha value is -1.09. The van der Waals surface area contributed by atoms with Crippen LogP contribution in [0.25, 0.3) is 0 Å². The van der Waals surface area contributed by atoms with E-state index in [2.05, 4.69) is 11.9 Å². The van der Waals surface area contributed by atoms with Crippen LogP contribution >= 0.6 is 0 Å². The van der Waals surface area contributed by atoms with Gasteiger partial charge in [-0.2, -0.15) is 0 Å². The van der Waals surface area contributed by atoms with Gasteiger partial charge in [0.05, 0.1) is 18.5 Å². The van der Waals surface area contributed by atoms with E-state index in [0.29, 0.717) is 0 Å². The molecule has 0 amide bonds. The summed E-state index contributed by atoms with van der Waals surface area (Å²) in [6.45, 7) is 4.82. The molecule has 0 saturated heterocycles. The van der Waals surface area contributed by atoms with Crippen LogP contribution in [0.1, 0.15) is 38.4 Å². The molecule has 1 aromatic rings. The van der Waals surface area contributed by atoms with Crippen LogP contribution in [0.2, 0.25) is 0 Å². The third-order valence-electron chi connectivity index (χ3n) is 1.99. The van der Waals surface area contributed by atoms with Crippen molar-refractivity contribution < 1.29 is 4.74 Å². The lowest BCUT2D eigenvalue weighted by Crippen LogP contribution is -2.07. The van der Waals surface area contributed by atoms with E-state index in [9.17, 15) is 0 Å². The molecule has 0 saturated carbocycles. The van der Waals surface area contributed by atoms with E-state index in [0.717, 1.165) is 30.9 Å². The molecule has 1 atom stereocenters. The van der Waals surface area contributed by atoms with Gasteiger partial charge in [-0.1, -0.05) is 13.3 Å². The first-order valence-electron chi connectivity index (χ1n) is 5.08. The highest BCUT2D eigenvalue weighted by atomic mass is 16.5. The molecule has 3 nitrogen and oxygen atoms in total. The zero-order valence-electron chi connectivity index (χ0n) is 8.86. The number of nitrogens with zero attached hydrogens (tertiary/aromatic N) is 1. The lowest BCUT2D eigenvalue weighted by molar-refractivity contribution is 0.308. The number of pyridine rings is 1. The minimum atomic E-state index is -0.0142. The molecule has 0 aliphatic rings. The summed E-state index contributed by atoms with van der Waals surface area (Å²) in [5.41, 5.74) is 6.58. The molecule has 0 aromatic carbocycles. The van der Waals surface area contributed by atoms with Crippen molar-refractivity contribution in [3.8, 4) is 5.75 Å². The summed E-state index contributed by atoms with van der Waals surface area (Å²) < 4.78 is 5.48. The molecular formula is C11H18N2O. The molecule has 0 aliphatic heterocycles. The average molecular weight is 194 g/mol. The van der Waals surface area contributed by atoms with E-state index < -0.39 is 0 Å². The number of aromatic nitrogens is 1. The molecule has 0 radical (unpaired) electrons. The van der Waals surface area contributed by atoms with Crippen molar-refractivity contribution >= 4 is 0 Å². The van der Waals surface area contributed by atoms with Crippen molar-refractivity contribution in [1.29, 1.82) is 0 Å². The van der Waals surface area contributed by atoms with Gasteiger partial charge in [0.15, 0.2) is 0 Å². The van der Waals surface area contributed by atoms with Gasteiger partial charge in [-0.3, -0.25) is 4.98 Å². The van der Waals surface area contributed by atoms with Crippen LogP contribution < -0.4 is 10.5 Å². The van der Waals surface area contributed by atoms with E-state index in [1.54, 1.807) is 6.20 Å². The monoisotopic (exact) mass is 194 g/mol. The molecule has 0 unspecified atom stereocenters. The van der Waals surface area contributed by atoms with Crippen LogP contribution in [0.3, 0.4) is 0 Å². The fraction of sp³-hybridized carbons (Fsp3) is 0.545. The lowest BCUT2D eigenvalue weighted by Gasteiger charge is -2.07. The number of nitrogens with two attached hydrogens (primary N) is 1. The van der Waals surface area contributed by atoms with Crippen molar-refractivity contribution in [3.63, 3.8) is 0 Å². The minimum Gasteiger partial charge on any atom is -0.492 e. The average Bonchev–Trinajstić information content (AvgIpc) is 2.19. The van der Waals surface area contributed by atoms with Crippen LogP contribution in [-0.2, 0) is 0 Å². The highest BCUT2D eigenvalue weighted by molar-refractivity contribution is 5.20. The predicted molar refractivity (Wildman–Crippen MR) is 57.2 cm³/mol. The molecule has 1 heterocycles. The van der Waals surface area contributed by atoms with Crippen LogP contribution in [-0.4, -0.2) is 11.6 Å². The maximum atomic E-state index is 5.68. The van der Waals surface area contributed by atoms with Gasteiger partial charge in [-0.05, 0) is 25.5 Å². The third-order valence-corrected chi connectivity index (χ3v) is 1.99. The summed E-state index contributed by atoms with van der Waals surface area (Å²) in [6.07, 6.45) is 3.95. The molecule has 0 bridgehead atoms. The lowest BCUT2D eigenvalue weighted by atomic mass is 10.2. The second-order valence-electron chi connectivity index (χ2n) is 3.41. The summed E-state index contributed by atoms with van der Waals surface area (Å²) in [5, 5.41) is 0. The highest BCUT2D eigenvalue weighted by Crippen LogP contribution is 2.12. The summed E-state index contributed by atoms with van der Waals surface area (Å²) in [4.78, 5) is 4.21. The Morgan fingerprint density at radius 3 is 2.79 bits per heavy atom. The molecule has 3 heteroatoms. The molecule has 0 fully saturated rings. The molecular weight excluding hydrogens is 176 g/mol. The Morgan fingerprint density at radius 1 is 1.50 bits per heavy atom. The Kier molecular flexibility index (Phi) is 4.40. The van der Waals surface area contributed by atoms with Gasteiger partial charge in [0, 0.05) is 6.04 Å². The van der Waals surface area contributed by atoms with E-state index in [1.165, 1.54) is 0 Å². The van der Waals surface area contributed by atoms with Gasteiger partial charge >= 0.3 is 0 Å². The number of hydrogen-bond acceptors (Lipinski definition) is 3. The summed E-state index contributed by atoms with van der Waals surface area (Å²) in [6, 6.07) is 3.81. The molecule has 2 N–H and O–H groups in total. The molecule has 0 spiro atoms. The van der Waals surface area contributed by atoms with Crippen molar-refractivity contribution in [2.24, 2.45) is 5.73 Å². The molecule has 78 valence electrons. The van der Waals surface area contributed by atoms with Gasteiger partial charge in [0.1, 0.15) is 5.75 Å². The van der Waals surface area contributed by atoms with Gasteiger partial charge < -0.3 is 10.5 Å². The second kappa shape index (κ2) is 5.60. The molecule has 14 heavy (non-hydrogen) atoms. The van der Waals surface area contributed by atoms with Crippen molar-refractivity contribution in [1.82, 2.24) is 4.98 Å². The van der Waals surface area contributed by atoms with E-state index in [4.69, 9.17) is 10.5 Å². The van der Waals surface area contributed by atoms with Gasteiger partial charge in [-0.15, -0.1) is 0 Å². The first kappa shape index (κ1) is 11.0. The molecule has 1 rings (SSSR count). The maximum absolute atomic E-state index is 5.68. The Labute approximate surface area is 85.3 Å². The third kappa shape index (κ3) is 3.34.